The van der Waals surface area contributed by atoms with E-state index in [0.717, 1.165) is 66.5 Å². The standard InChI is InChI=1S/C55H75N7O5/c1-2-3-4-5-6-7-20-37-58-50(64)31-17-18-32-51(65)61-41-44-26-13-14-27-46(44)52(56)53(48-29-15-16-30-49(48)61)62(57)39-22-19-28-47(55(67)59-38-21-8-9-23-40-63)42-33-35-45(36-34-42)60-54(66)43-24-11-10-12-25-43/h10-16,24-27,29-30,33-36,47,63H,2-9,17-23,28,31-32,37-41,56-57H2,1H3,(H,58,64)(H,59,67)(H,60,66)/b53-52-. The number of para-hydroxylation sites is 1. The number of anilines is 2. The van der Waals surface area contributed by atoms with Crippen LogP contribution >= 0.6 is 0 Å². The Bertz CT molecular complexity index is 2180. The van der Waals surface area contributed by atoms with Crippen LogP contribution in [0.3, 0.4) is 0 Å². The van der Waals surface area contributed by atoms with Crippen LogP contribution in [0.25, 0.3) is 11.4 Å². The van der Waals surface area contributed by atoms with Gasteiger partial charge in [0.1, 0.15) is 0 Å². The van der Waals surface area contributed by atoms with Gasteiger partial charge in [0.05, 0.1) is 29.5 Å². The van der Waals surface area contributed by atoms with Gasteiger partial charge in [-0.25, -0.2) is 5.84 Å². The molecule has 67 heavy (non-hydrogen) atoms. The van der Waals surface area contributed by atoms with E-state index in [9.17, 15) is 19.2 Å². The fourth-order valence-electron chi connectivity index (χ4n) is 8.69. The maximum Gasteiger partial charge on any atom is 0.255 e. The molecule has 12 heteroatoms. The molecule has 4 aromatic carbocycles. The number of hydrogen-bond acceptors (Lipinski definition) is 8. The van der Waals surface area contributed by atoms with Crippen LogP contribution in [0.2, 0.25) is 0 Å². The smallest absolute Gasteiger partial charge is 0.255 e. The van der Waals surface area contributed by atoms with Crippen LogP contribution in [0.15, 0.2) is 103 Å². The minimum Gasteiger partial charge on any atom is -0.396 e. The highest BCUT2D eigenvalue weighted by Crippen LogP contribution is 2.37. The van der Waals surface area contributed by atoms with Gasteiger partial charge in [-0.3, -0.25) is 19.2 Å². The number of nitrogens with one attached hydrogen (secondary N) is 3. The lowest BCUT2D eigenvalue weighted by Crippen LogP contribution is -2.37. The number of hydrazine groups is 1. The summed E-state index contributed by atoms with van der Waals surface area (Å²) in [5.41, 5.74) is 13.5. The first-order valence-corrected chi connectivity index (χ1v) is 24.8. The number of nitrogens with two attached hydrogens (primary N) is 2. The summed E-state index contributed by atoms with van der Waals surface area (Å²) >= 11 is 0. The average molecular weight is 914 g/mol. The predicted molar refractivity (Wildman–Crippen MR) is 271 cm³/mol. The number of carbonyl (C=O) groups is 4. The van der Waals surface area contributed by atoms with Crippen molar-refractivity contribution in [2.24, 2.45) is 11.6 Å². The van der Waals surface area contributed by atoms with Gasteiger partial charge in [-0.15, -0.1) is 0 Å². The van der Waals surface area contributed by atoms with Gasteiger partial charge in [0.25, 0.3) is 5.91 Å². The van der Waals surface area contributed by atoms with Gasteiger partial charge in [0, 0.05) is 61.5 Å². The quantitative estimate of drug-likeness (QED) is 0.0177. The topological polar surface area (TPSA) is 183 Å². The van der Waals surface area contributed by atoms with Crippen LogP contribution in [-0.2, 0) is 20.9 Å². The molecule has 1 aliphatic rings. The third-order valence-corrected chi connectivity index (χ3v) is 12.5. The molecular formula is C55H75N7O5. The third-order valence-electron chi connectivity index (χ3n) is 12.5. The van der Waals surface area contributed by atoms with Crippen molar-refractivity contribution in [3.63, 3.8) is 0 Å². The number of rotatable bonds is 29. The molecule has 0 saturated heterocycles. The molecule has 1 atom stereocenters. The number of nitrogens with zero attached hydrogens (tertiary/aromatic N) is 2. The van der Waals surface area contributed by atoms with Crippen molar-refractivity contribution >= 4 is 46.4 Å². The van der Waals surface area contributed by atoms with Gasteiger partial charge >= 0.3 is 0 Å². The van der Waals surface area contributed by atoms with Crippen LogP contribution in [-0.4, -0.2) is 60.0 Å². The number of aliphatic hydroxyl groups excluding tert-OH is 1. The molecule has 8 N–H and O–H groups in total. The van der Waals surface area contributed by atoms with Gasteiger partial charge in [-0.2, -0.15) is 0 Å². The van der Waals surface area contributed by atoms with Gasteiger partial charge in [-0.1, -0.05) is 138 Å². The maximum atomic E-state index is 14.1. The van der Waals surface area contributed by atoms with Crippen molar-refractivity contribution in [2.75, 3.05) is 36.5 Å². The predicted octanol–water partition coefficient (Wildman–Crippen LogP) is 9.80. The zero-order valence-electron chi connectivity index (χ0n) is 39.8. The van der Waals surface area contributed by atoms with Crippen molar-refractivity contribution in [3.05, 3.63) is 131 Å². The normalized spacial score (nSPS) is 13.7. The third kappa shape index (κ3) is 16.7. The van der Waals surface area contributed by atoms with Crippen LogP contribution in [0, 0.1) is 0 Å². The Labute approximate surface area is 398 Å². The monoisotopic (exact) mass is 914 g/mol. The van der Waals surface area contributed by atoms with E-state index in [1.165, 1.54) is 32.1 Å². The summed E-state index contributed by atoms with van der Waals surface area (Å²) in [6, 6.07) is 32.1. The summed E-state index contributed by atoms with van der Waals surface area (Å²) in [5.74, 6) is 6.30. The molecule has 0 bridgehead atoms. The molecule has 0 saturated carbocycles. The molecule has 12 nitrogen and oxygen atoms in total. The summed E-state index contributed by atoms with van der Waals surface area (Å²) in [6.45, 7) is 4.42. The minimum absolute atomic E-state index is 0.0322. The van der Waals surface area contributed by atoms with Gasteiger partial charge < -0.3 is 36.7 Å². The van der Waals surface area contributed by atoms with E-state index in [0.29, 0.717) is 93.8 Å². The lowest BCUT2D eigenvalue weighted by molar-refractivity contribution is -0.123. The molecular weight excluding hydrogens is 839 g/mol. The second kappa shape index (κ2) is 28.9. The molecule has 0 spiro atoms. The summed E-state index contributed by atoms with van der Waals surface area (Å²) in [5, 5.41) is 20.0. The molecule has 1 heterocycles. The van der Waals surface area contributed by atoms with Gasteiger partial charge in [0.2, 0.25) is 17.7 Å². The Morgan fingerprint density at radius 3 is 2.03 bits per heavy atom. The highest BCUT2D eigenvalue weighted by molar-refractivity contribution is 6.04. The van der Waals surface area contributed by atoms with Gasteiger partial charge in [-0.05, 0) is 86.4 Å². The Kier molecular flexibility index (Phi) is 22.4. The number of amides is 4. The first-order valence-electron chi connectivity index (χ1n) is 24.8. The van der Waals surface area contributed by atoms with Crippen molar-refractivity contribution in [1.82, 2.24) is 15.6 Å². The number of aliphatic hydroxyl groups is 1. The molecule has 0 fully saturated rings. The number of carbonyl (C=O) groups excluding carboxylic acids is 4. The Morgan fingerprint density at radius 2 is 1.30 bits per heavy atom. The summed E-state index contributed by atoms with van der Waals surface area (Å²) < 4.78 is 0. The summed E-state index contributed by atoms with van der Waals surface area (Å²) in [7, 11) is 0. The number of unbranched alkanes of at least 4 members (excludes halogenated alkanes) is 11. The van der Waals surface area contributed by atoms with Crippen LogP contribution in [0.1, 0.15) is 161 Å². The molecule has 5 rings (SSSR count). The van der Waals surface area contributed by atoms with E-state index in [2.05, 4.69) is 22.9 Å². The number of fused-ring (bicyclic) bond motifs is 2. The van der Waals surface area contributed by atoms with E-state index < -0.39 is 5.92 Å². The van der Waals surface area contributed by atoms with Crippen LogP contribution < -0.4 is 32.4 Å². The average Bonchev–Trinajstić information content (AvgIpc) is 3.34. The fourth-order valence-corrected chi connectivity index (χ4v) is 8.69. The molecule has 1 unspecified atom stereocenters. The van der Waals surface area contributed by atoms with E-state index in [4.69, 9.17) is 16.7 Å². The summed E-state index contributed by atoms with van der Waals surface area (Å²) in [4.78, 5) is 55.1. The van der Waals surface area contributed by atoms with Gasteiger partial charge in [0.15, 0.2) is 0 Å². The van der Waals surface area contributed by atoms with Crippen molar-refractivity contribution in [2.45, 2.75) is 135 Å². The first kappa shape index (κ1) is 52.0. The SMILES string of the molecule is CCCCCCCCCNC(=O)CCCCC(=O)N1Cc2ccccc2/C(N)=C(/N(N)CCCCC(C(=O)NCCCCCCO)c2ccc(NC(=O)c3ccccc3)cc2)c2ccccc21. The van der Waals surface area contributed by atoms with Crippen molar-refractivity contribution < 1.29 is 24.3 Å². The first-order chi connectivity index (χ1) is 32.7. The zero-order valence-corrected chi connectivity index (χ0v) is 39.8. The maximum absolute atomic E-state index is 14.1. The van der Waals surface area contributed by atoms with Crippen molar-refractivity contribution in [3.8, 4) is 0 Å². The Balaban J connectivity index is 1.22. The lowest BCUT2D eigenvalue weighted by Gasteiger charge is -2.33. The van der Waals surface area contributed by atoms with Crippen LogP contribution in [0.5, 0.6) is 0 Å². The highest BCUT2D eigenvalue weighted by Gasteiger charge is 2.28. The lowest BCUT2D eigenvalue weighted by atomic mass is 9.92. The number of hydrogen-bond donors (Lipinski definition) is 6. The molecule has 4 aromatic rings. The molecule has 360 valence electrons. The largest absolute Gasteiger partial charge is 0.396 e. The molecule has 0 aliphatic carbocycles. The molecule has 4 amide bonds. The molecule has 1 aliphatic heterocycles. The second-order valence-electron chi connectivity index (χ2n) is 17.7. The van der Waals surface area contributed by atoms with E-state index in [1.54, 1.807) is 17.1 Å². The Morgan fingerprint density at radius 1 is 0.672 bits per heavy atom. The molecule has 0 aromatic heterocycles. The minimum atomic E-state index is -0.426. The zero-order chi connectivity index (χ0) is 47.6. The van der Waals surface area contributed by atoms with Crippen LogP contribution in [0.4, 0.5) is 11.4 Å². The summed E-state index contributed by atoms with van der Waals surface area (Å²) in [6.07, 6.45) is 15.6. The Hall–Kier alpha value is -5.98. The fraction of sp³-hybridized carbons (Fsp3) is 0.455. The van der Waals surface area contributed by atoms with E-state index >= 15 is 0 Å². The van der Waals surface area contributed by atoms with E-state index in [1.807, 2.05) is 95.9 Å². The second-order valence-corrected chi connectivity index (χ2v) is 17.7. The highest BCUT2D eigenvalue weighted by atomic mass is 16.3. The van der Waals surface area contributed by atoms with Crippen molar-refractivity contribution in [1.29, 1.82) is 0 Å². The van der Waals surface area contributed by atoms with E-state index in [-0.39, 0.29) is 30.2 Å². The molecule has 0 radical (unpaired) electrons. The number of benzene rings is 4.